The number of carbonyl (C=O) groups is 1. The maximum Gasteiger partial charge on any atom is 0.252 e. The number of nitrogens with two attached hydrogens (primary N) is 2. The first-order valence-electron chi connectivity index (χ1n) is 9.57. The van der Waals surface area contributed by atoms with Crippen LogP contribution < -0.4 is 22.1 Å². The van der Waals surface area contributed by atoms with Crippen molar-refractivity contribution in [3.63, 3.8) is 0 Å². The van der Waals surface area contributed by atoms with Crippen LogP contribution in [0, 0.1) is 12.7 Å². The largest absolute Gasteiger partial charge is 0.441 e. The van der Waals surface area contributed by atoms with Gasteiger partial charge in [-0.1, -0.05) is 12.8 Å². The fourth-order valence-electron chi connectivity index (χ4n) is 3.64. The number of hydrogen-bond donors (Lipinski definition) is 4. The molecule has 0 aliphatic heterocycles. The Bertz CT molecular complexity index is 1070. The van der Waals surface area contributed by atoms with Crippen LogP contribution in [-0.2, 0) is 0 Å². The van der Waals surface area contributed by atoms with Crippen LogP contribution in [0.2, 0.25) is 0 Å². The van der Waals surface area contributed by atoms with Crippen molar-refractivity contribution >= 4 is 34.3 Å². The lowest BCUT2D eigenvalue weighted by Crippen LogP contribution is -2.43. The quantitative estimate of drug-likeness (QED) is 0.519. The lowest BCUT2D eigenvalue weighted by molar-refractivity contribution is 0.100. The van der Waals surface area contributed by atoms with E-state index in [1.165, 1.54) is 0 Å². The zero-order valence-corrected chi connectivity index (χ0v) is 16.0. The standard InChI is InChI=1S/C20H23FN6O2/c1-10-24-16-7-6-11(8-17(16)29-10)25-19-12(18(23)28)9-13(21)20(27-19)26-15-5-3-2-4-14(15)22/h6-9,14-15H,2-5,22H2,1H3,(H2,23,28)(H2,25,26,27)/t14-,15+/m0/s1. The molecule has 1 saturated carbocycles. The molecular formula is C20H23FN6O2. The van der Waals surface area contributed by atoms with Gasteiger partial charge in [-0.25, -0.2) is 14.4 Å². The molecular weight excluding hydrogens is 375 g/mol. The molecule has 1 aromatic carbocycles. The summed E-state index contributed by atoms with van der Waals surface area (Å²) in [7, 11) is 0. The van der Waals surface area contributed by atoms with Gasteiger partial charge >= 0.3 is 0 Å². The second-order valence-electron chi connectivity index (χ2n) is 7.32. The fraction of sp³-hybridized carbons (Fsp3) is 0.350. The zero-order chi connectivity index (χ0) is 20.5. The molecule has 6 N–H and O–H groups in total. The minimum atomic E-state index is -0.781. The third kappa shape index (κ3) is 4.00. The summed E-state index contributed by atoms with van der Waals surface area (Å²) in [6.07, 6.45) is 3.80. The molecule has 1 amide bonds. The highest BCUT2D eigenvalue weighted by atomic mass is 19.1. The van der Waals surface area contributed by atoms with Gasteiger partial charge in [0, 0.05) is 30.8 Å². The van der Waals surface area contributed by atoms with Gasteiger partial charge < -0.3 is 26.5 Å². The van der Waals surface area contributed by atoms with E-state index in [0.29, 0.717) is 22.7 Å². The van der Waals surface area contributed by atoms with E-state index in [0.717, 1.165) is 31.7 Å². The molecule has 0 unspecified atom stereocenters. The summed E-state index contributed by atoms with van der Waals surface area (Å²) in [4.78, 5) is 20.4. The number of halogens is 1. The van der Waals surface area contributed by atoms with Crippen LogP contribution in [0.15, 0.2) is 28.7 Å². The maximum atomic E-state index is 14.6. The second-order valence-corrected chi connectivity index (χ2v) is 7.32. The van der Waals surface area contributed by atoms with Gasteiger partial charge in [0.25, 0.3) is 5.91 Å². The van der Waals surface area contributed by atoms with E-state index >= 15 is 0 Å². The Balaban J connectivity index is 1.66. The number of pyridine rings is 1. The van der Waals surface area contributed by atoms with Crippen molar-refractivity contribution in [3.05, 3.63) is 41.5 Å². The predicted octanol–water partition coefficient (Wildman–Crippen LogP) is 3.19. The molecule has 2 heterocycles. The van der Waals surface area contributed by atoms with Crippen molar-refractivity contribution in [1.82, 2.24) is 9.97 Å². The third-order valence-corrected chi connectivity index (χ3v) is 5.14. The summed E-state index contributed by atoms with van der Waals surface area (Å²) in [6, 6.07) is 6.22. The monoisotopic (exact) mass is 398 g/mol. The molecule has 1 fully saturated rings. The van der Waals surface area contributed by atoms with Gasteiger partial charge in [-0.05, 0) is 31.0 Å². The van der Waals surface area contributed by atoms with Crippen molar-refractivity contribution < 1.29 is 13.6 Å². The number of anilines is 3. The summed E-state index contributed by atoms with van der Waals surface area (Å²) >= 11 is 0. The smallest absolute Gasteiger partial charge is 0.252 e. The van der Waals surface area contributed by atoms with Gasteiger partial charge in [0.2, 0.25) is 0 Å². The number of nitrogens with one attached hydrogen (secondary N) is 2. The molecule has 0 spiro atoms. The number of aryl methyl sites for hydroxylation is 1. The van der Waals surface area contributed by atoms with Gasteiger partial charge in [0.05, 0.1) is 5.56 Å². The SMILES string of the molecule is Cc1nc2ccc(Nc3nc(N[C@@H]4CCCC[C@@H]4N)c(F)cc3C(N)=O)cc2o1. The normalized spacial score (nSPS) is 19.3. The topological polar surface area (TPSA) is 132 Å². The van der Waals surface area contributed by atoms with Crippen molar-refractivity contribution in [2.45, 2.75) is 44.7 Å². The number of rotatable bonds is 5. The van der Waals surface area contributed by atoms with E-state index in [1.807, 2.05) is 0 Å². The van der Waals surface area contributed by atoms with E-state index in [-0.39, 0.29) is 29.3 Å². The summed E-state index contributed by atoms with van der Waals surface area (Å²) in [6.45, 7) is 1.76. The zero-order valence-electron chi connectivity index (χ0n) is 16.0. The van der Waals surface area contributed by atoms with E-state index in [2.05, 4.69) is 20.6 Å². The number of hydrogen-bond acceptors (Lipinski definition) is 7. The molecule has 9 heteroatoms. The van der Waals surface area contributed by atoms with E-state index in [4.69, 9.17) is 15.9 Å². The molecule has 8 nitrogen and oxygen atoms in total. The van der Waals surface area contributed by atoms with Crippen molar-refractivity contribution in [2.75, 3.05) is 10.6 Å². The number of nitrogens with zero attached hydrogens (tertiary/aromatic N) is 2. The highest BCUT2D eigenvalue weighted by Gasteiger charge is 2.24. The second kappa shape index (κ2) is 7.67. The number of amides is 1. The van der Waals surface area contributed by atoms with E-state index in [1.54, 1.807) is 25.1 Å². The molecule has 152 valence electrons. The molecule has 0 radical (unpaired) electrons. The Labute approximate surface area is 166 Å². The molecule has 0 saturated heterocycles. The Morgan fingerprint density at radius 2 is 2.00 bits per heavy atom. The number of oxazole rings is 1. The first kappa shape index (κ1) is 19.1. The minimum Gasteiger partial charge on any atom is -0.441 e. The van der Waals surface area contributed by atoms with Crippen LogP contribution in [0.25, 0.3) is 11.1 Å². The average Bonchev–Trinajstić information content (AvgIpc) is 3.05. The van der Waals surface area contributed by atoms with E-state index < -0.39 is 11.7 Å². The Hall–Kier alpha value is -3.20. The van der Waals surface area contributed by atoms with Crippen LogP contribution in [0.3, 0.4) is 0 Å². The maximum absolute atomic E-state index is 14.6. The summed E-state index contributed by atoms with van der Waals surface area (Å²) in [5.74, 6) is -0.692. The first-order chi connectivity index (χ1) is 13.9. The lowest BCUT2D eigenvalue weighted by atomic mass is 9.91. The third-order valence-electron chi connectivity index (χ3n) is 5.14. The Morgan fingerprint density at radius 3 is 2.76 bits per heavy atom. The van der Waals surface area contributed by atoms with Gasteiger partial charge in [-0.3, -0.25) is 4.79 Å². The van der Waals surface area contributed by atoms with E-state index in [9.17, 15) is 9.18 Å². The molecule has 2 aromatic heterocycles. The fourth-order valence-corrected chi connectivity index (χ4v) is 3.64. The van der Waals surface area contributed by atoms with Crippen molar-refractivity contribution in [1.29, 1.82) is 0 Å². The average molecular weight is 398 g/mol. The Kier molecular flexibility index (Phi) is 5.06. The summed E-state index contributed by atoms with van der Waals surface area (Å²) in [5.41, 5.74) is 13.4. The van der Waals surface area contributed by atoms with Crippen LogP contribution in [0.5, 0.6) is 0 Å². The molecule has 4 rings (SSSR count). The number of carbonyl (C=O) groups excluding carboxylic acids is 1. The number of benzene rings is 1. The minimum absolute atomic E-state index is 0.0384. The lowest BCUT2D eigenvalue weighted by Gasteiger charge is -2.30. The number of aromatic nitrogens is 2. The van der Waals surface area contributed by atoms with Gasteiger partial charge in [-0.2, -0.15) is 0 Å². The molecule has 1 aliphatic carbocycles. The van der Waals surface area contributed by atoms with Crippen LogP contribution in [0.1, 0.15) is 41.9 Å². The van der Waals surface area contributed by atoms with Crippen LogP contribution in [0.4, 0.5) is 21.7 Å². The van der Waals surface area contributed by atoms with Crippen LogP contribution >= 0.6 is 0 Å². The molecule has 2 atom stereocenters. The predicted molar refractivity (Wildman–Crippen MR) is 109 cm³/mol. The van der Waals surface area contributed by atoms with Crippen molar-refractivity contribution in [2.24, 2.45) is 11.5 Å². The number of primary amides is 1. The van der Waals surface area contributed by atoms with Gasteiger partial charge in [-0.15, -0.1) is 0 Å². The van der Waals surface area contributed by atoms with Gasteiger partial charge in [0.1, 0.15) is 11.3 Å². The number of fused-ring (bicyclic) bond motifs is 1. The van der Waals surface area contributed by atoms with Crippen LogP contribution in [-0.4, -0.2) is 28.0 Å². The summed E-state index contributed by atoms with van der Waals surface area (Å²) in [5, 5.41) is 6.13. The molecule has 3 aromatic rings. The molecule has 29 heavy (non-hydrogen) atoms. The van der Waals surface area contributed by atoms with Crippen molar-refractivity contribution in [3.8, 4) is 0 Å². The first-order valence-corrected chi connectivity index (χ1v) is 9.57. The molecule has 1 aliphatic rings. The Morgan fingerprint density at radius 1 is 1.21 bits per heavy atom. The highest BCUT2D eigenvalue weighted by Crippen LogP contribution is 2.28. The van der Waals surface area contributed by atoms with Gasteiger partial charge in [0.15, 0.2) is 23.1 Å². The highest BCUT2D eigenvalue weighted by molar-refractivity contribution is 5.98. The molecule has 0 bridgehead atoms. The summed E-state index contributed by atoms with van der Waals surface area (Å²) < 4.78 is 20.1.